The second kappa shape index (κ2) is 5.57. The van der Waals surface area contributed by atoms with Crippen LogP contribution in [-0.4, -0.2) is 9.55 Å². The molecule has 3 rings (SSSR count). The number of hydrogen-bond acceptors (Lipinski definition) is 2. The zero-order valence-corrected chi connectivity index (χ0v) is 12.6. The molecule has 1 aromatic heterocycles. The minimum absolute atomic E-state index is 0.589. The highest BCUT2D eigenvalue weighted by Gasteiger charge is 2.23. The summed E-state index contributed by atoms with van der Waals surface area (Å²) >= 11 is 0. The van der Waals surface area contributed by atoms with Crippen LogP contribution in [0.2, 0.25) is 0 Å². The lowest BCUT2D eigenvalue weighted by atomic mass is 10.1. The monoisotopic (exact) mass is 271 g/mol. The van der Waals surface area contributed by atoms with Gasteiger partial charge < -0.3 is 10.3 Å². The molecule has 1 saturated carbocycles. The van der Waals surface area contributed by atoms with Crippen LogP contribution in [0.25, 0.3) is 11.0 Å². The van der Waals surface area contributed by atoms with Crippen LogP contribution >= 0.6 is 0 Å². The second-order valence-electron chi connectivity index (χ2n) is 6.48. The first kappa shape index (κ1) is 13.6. The van der Waals surface area contributed by atoms with Gasteiger partial charge in [0.1, 0.15) is 5.82 Å². The van der Waals surface area contributed by atoms with E-state index in [-0.39, 0.29) is 0 Å². The topological polar surface area (TPSA) is 43.8 Å². The van der Waals surface area contributed by atoms with E-state index >= 15 is 0 Å². The SMILES string of the molecule is CC(C)Cn1c(C2CCCC2)nc2cc(CN)ccc21. The summed E-state index contributed by atoms with van der Waals surface area (Å²) in [5.41, 5.74) is 9.32. The van der Waals surface area contributed by atoms with Crippen molar-refractivity contribution in [1.29, 1.82) is 0 Å². The molecule has 108 valence electrons. The predicted molar refractivity (Wildman–Crippen MR) is 83.7 cm³/mol. The van der Waals surface area contributed by atoms with Gasteiger partial charge in [0.25, 0.3) is 0 Å². The Hall–Kier alpha value is -1.35. The summed E-state index contributed by atoms with van der Waals surface area (Å²) in [5, 5.41) is 0. The predicted octanol–water partition coefficient (Wildman–Crippen LogP) is 3.81. The Bertz CT molecular complexity index is 592. The second-order valence-corrected chi connectivity index (χ2v) is 6.48. The Morgan fingerprint density at radius 1 is 1.30 bits per heavy atom. The standard InChI is InChI=1S/C17H25N3/c1-12(2)11-20-16-8-7-13(10-18)9-15(16)19-17(20)14-5-3-4-6-14/h7-9,12,14H,3-6,10-11,18H2,1-2H3. The maximum absolute atomic E-state index is 5.75. The molecule has 1 aromatic carbocycles. The maximum Gasteiger partial charge on any atom is 0.112 e. The number of fused-ring (bicyclic) bond motifs is 1. The first-order valence-corrected chi connectivity index (χ1v) is 7.88. The number of benzene rings is 1. The van der Waals surface area contributed by atoms with E-state index in [1.54, 1.807) is 0 Å². The van der Waals surface area contributed by atoms with Gasteiger partial charge in [-0.05, 0) is 36.5 Å². The molecule has 0 radical (unpaired) electrons. The molecule has 0 aliphatic heterocycles. The van der Waals surface area contributed by atoms with Crippen molar-refractivity contribution in [2.45, 2.75) is 58.5 Å². The van der Waals surface area contributed by atoms with Crippen LogP contribution in [0.5, 0.6) is 0 Å². The molecule has 0 atom stereocenters. The molecule has 1 fully saturated rings. The third kappa shape index (κ3) is 2.47. The first-order chi connectivity index (χ1) is 9.69. The van der Waals surface area contributed by atoms with Crippen molar-refractivity contribution in [2.24, 2.45) is 11.7 Å². The van der Waals surface area contributed by atoms with Gasteiger partial charge >= 0.3 is 0 Å². The van der Waals surface area contributed by atoms with Gasteiger partial charge in [-0.1, -0.05) is 32.8 Å². The van der Waals surface area contributed by atoms with E-state index in [1.165, 1.54) is 42.6 Å². The zero-order chi connectivity index (χ0) is 14.1. The fourth-order valence-corrected chi connectivity index (χ4v) is 3.37. The van der Waals surface area contributed by atoms with E-state index in [2.05, 4.69) is 36.6 Å². The van der Waals surface area contributed by atoms with Crippen LogP contribution in [0, 0.1) is 5.92 Å². The van der Waals surface area contributed by atoms with Crippen molar-refractivity contribution in [3.8, 4) is 0 Å². The molecule has 3 nitrogen and oxygen atoms in total. The van der Waals surface area contributed by atoms with Gasteiger partial charge in [0.2, 0.25) is 0 Å². The molecule has 0 bridgehead atoms. The third-order valence-corrected chi connectivity index (χ3v) is 4.35. The normalized spacial score (nSPS) is 16.6. The molecule has 3 heteroatoms. The van der Waals surface area contributed by atoms with Gasteiger partial charge in [-0.2, -0.15) is 0 Å². The Morgan fingerprint density at radius 2 is 2.05 bits per heavy atom. The molecular weight excluding hydrogens is 246 g/mol. The zero-order valence-electron chi connectivity index (χ0n) is 12.6. The molecule has 0 spiro atoms. The molecule has 0 amide bonds. The molecule has 1 heterocycles. The summed E-state index contributed by atoms with van der Waals surface area (Å²) in [6, 6.07) is 6.50. The number of aromatic nitrogens is 2. The van der Waals surface area contributed by atoms with Crippen LogP contribution in [-0.2, 0) is 13.1 Å². The summed E-state index contributed by atoms with van der Waals surface area (Å²) in [6.07, 6.45) is 5.30. The van der Waals surface area contributed by atoms with Crippen molar-refractivity contribution in [2.75, 3.05) is 0 Å². The molecular formula is C17H25N3. The van der Waals surface area contributed by atoms with Gasteiger partial charge in [-0.3, -0.25) is 0 Å². The maximum atomic E-state index is 5.75. The Balaban J connectivity index is 2.10. The molecule has 1 aliphatic carbocycles. The molecule has 20 heavy (non-hydrogen) atoms. The Morgan fingerprint density at radius 3 is 2.70 bits per heavy atom. The van der Waals surface area contributed by atoms with Crippen molar-refractivity contribution in [3.63, 3.8) is 0 Å². The minimum atomic E-state index is 0.589. The average Bonchev–Trinajstić information content (AvgIpc) is 3.05. The smallest absolute Gasteiger partial charge is 0.112 e. The molecule has 0 saturated heterocycles. The Kier molecular flexibility index (Phi) is 3.79. The average molecular weight is 271 g/mol. The minimum Gasteiger partial charge on any atom is -0.327 e. The van der Waals surface area contributed by atoms with Gasteiger partial charge in [0.05, 0.1) is 11.0 Å². The summed E-state index contributed by atoms with van der Waals surface area (Å²) in [6.45, 7) is 6.20. The highest BCUT2D eigenvalue weighted by molar-refractivity contribution is 5.77. The van der Waals surface area contributed by atoms with E-state index < -0.39 is 0 Å². The first-order valence-electron chi connectivity index (χ1n) is 7.88. The van der Waals surface area contributed by atoms with Crippen LogP contribution in [0.4, 0.5) is 0 Å². The molecule has 2 N–H and O–H groups in total. The van der Waals surface area contributed by atoms with Crippen LogP contribution < -0.4 is 5.73 Å². The fraction of sp³-hybridized carbons (Fsp3) is 0.588. The van der Waals surface area contributed by atoms with Crippen LogP contribution in [0.3, 0.4) is 0 Å². The highest BCUT2D eigenvalue weighted by atomic mass is 15.1. The van der Waals surface area contributed by atoms with E-state index in [4.69, 9.17) is 10.7 Å². The fourth-order valence-electron chi connectivity index (χ4n) is 3.37. The number of imidazole rings is 1. The van der Waals surface area contributed by atoms with E-state index in [9.17, 15) is 0 Å². The summed E-state index contributed by atoms with van der Waals surface area (Å²) < 4.78 is 2.45. The van der Waals surface area contributed by atoms with E-state index in [0.29, 0.717) is 18.4 Å². The third-order valence-electron chi connectivity index (χ3n) is 4.35. The molecule has 2 aromatic rings. The van der Waals surface area contributed by atoms with Gasteiger partial charge in [0.15, 0.2) is 0 Å². The van der Waals surface area contributed by atoms with Crippen LogP contribution in [0.1, 0.15) is 56.8 Å². The van der Waals surface area contributed by atoms with Gasteiger partial charge in [0, 0.05) is 19.0 Å². The van der Waals surface area contributed by atoms with Crippen molar-refractivity contribution >= 4 is 11.0 Å². The quantitative estimate of drug-likeness (QED) is 0.919. The summed E-state index contributed by atoms with van der Waals surface area (Å²) in [7, 11) is 0. The summed E-state index contributed by atoms with van der Waals surface area (Å²) in [5.74, 6) is 2.60. The largest absolute Gasteiger partial charge is 0.327 e. The lowest BCUT2D eigenvalue weighted by Gasteiger charge is -2.15. The van der Waals surface area contributed by atoms with Crippen molar-refractivity contribution in [1.82, 2.24) is 9.55 Å². The highest BCUT2D eigenvalue weighted by Crippen LogP contribution is 2.35. The number of rotatable bonds is 4. The number of nitrogens with two attached hydrogens (primary N) is 1. The Labute approximate surface area is 121 Å². The summed E-state index contributed by atoms with van der Waals surface area (Å²) in [4.78, 5) is 4.96. The number of hydrogen-bond donors (Lipinski definition) is 1. The molecule has 1 aliphatic rings. The van der Waals surface area contributed by atoms with Gasteiger partial charge in [-0.15, -0.1) is 0 Å². The lowest BCUT2D eigenvalue weighted by Crippen LogP contribution is -2.11. The van der Waals surface area contributed by atoms with E-state index in [0.717, 1.165) is 12.1 Å². The molecule has 0 unspecified atom stereocenters. The number of nitrogens with zero attached hydrogens (tertiary/aromatic N) is 2. The van der Waals surface area contributed by atoms with Gasteiger partial charge in [-0.25, -0.2) is 4.98 Å². The van der Waals surface area contributed by atoms with Crippen molar-refractivity contribution in [3.05, 3.63) is 29.6 Å². The van der Waals surface area contributed by atoms with Crippen molar-refractivity contribution < 1.29 is 0 Å². The van der Waals surface area contributed by atoms with E-state index in [1.807, 2.05) is 0 Å². The lowest BCUT2D eigenvalue weighted by molar-refractivity contribution is 0.497. The van der Waals surface area contributed by atoms with Crippen LogP contribution in [0.15, 0.2) is 18.2 Å².